The summed E-state index contributed by atoms with van der Waals surface area (Å²) in [7, 11) is -3.69. The van der Waals surface area contributed by atoms with Crippen LogP contribution in [-0.2, 0) is 14.8 Å². The lowest BCUT2D eigenvalue weighted by molar-refractivity contribution is -0.138. The van der Waals surface area contributed by atoms with Crippen LogP contribution in [0.2, 0.25) is 0 Å². The van der Waals surface area contributed by atoms with Gasteiger partial charge in [-0.3, -0.25) is 4.79 Å². The number of hydrogen-bond acceptors (Lipinski definition) is 3. The van der Waals surface area contributed by atoms with E-state index in [1.165, 1.54) is 13.8 Å². The Hall–Kier alpha value is -1.40. The summed E-state index contributed by atoms with van der Waals surface area (Å²) >= 11 is 0. The minimum Gasteiger partial charge on any atom is -0.480 e. The fourth-order valence-electron chi connectivity index (χ4n) is 1.30. The van der Waals surface area contributed by atoms with Gasteiger partial charge in [0.1, 0.15) is 6.04 Å². The molecule has 1 aromatic carbocycles. The van der Waals surface area contributed by atoms with Gasteiger partial charge in [-0.25, -0.2) is 13.1 Å². The largest absolute Gasteiger partial charge is 0.480 e. The molecular weight excluding hydrogens is 242 g/mol. The van der Waals surface area contributed by atoms with Gasteiger partial charge in [-0.1, -0.05) is 30.3 Å². The zero-order valence-electron chi connectivity index (χ0n) is 9.62. The van der Waals surface area contributed by atoms with Crippen molar-refractivity contribution in [1.82, 2.24) is 4.72 Å². The number of rotatable bonds is 5. The first-order valence-electron chi connectivity index (χ1n) is 5.13. The molecular formula is C11H15NO4S. The molecule has 0 aliphatic carbocycles. The first-order chi connectivity index (χ1) is 7.84. The molecule has 0 fully saturated rings. The monoisotopic (exact) mass is 257 g/mol. The minimum atomic E-state index is -3.69. The van der Waals surface area contributed by atoms with Gasteiger partial charge in [-0.05, 0) is 19.4 Å². The third-order valence-electron chi connectivity index (χ3n) is 2.45. The second-order valence-corrected chi connectivity index (χ2v) is 5.81. The summed E-state index contributed by atoms with van der Waals surface area (Å²) in [5, 5.41) is 7.88. The molecule has 0 aliphatic rings. The lowest BCUT2D eigenvalue weighted by Crippen LogP contribution is -2.40. The summed E-state index contributed by atoms with van der Waals surface area (Å²) in [6, 6.07) is 7.51. The van der Waals surface area contributed by atoms with Gasteiger partial charge >= 0.3 is 5.97 Å². The smallest absolute Gasteiger partial charge is 0.321 e. The molecule has 1 aromatic rings. The van der Waals surface area contributed by atoms with Gasteiger partial charge in [0.2, 0.25) is 10.0 Å². The van der Waals surface area contributed by atoms with Crippen molar-refractivity contribution in [3.05, 3.63) is 35.9 Å². The Kier molecular flexibility index (Phi) is 4.25. The number of nitrogens with one attached hydrogen (secondary N) is 1. The fourth-order valence-corrected chi connectivity index (χ4v) is 2.62. The molecule has 1 rings (SSSR count). The van der Waals surface area contributed by atoms with Gasteiger partial charge < -0.3 is 5.11 Å². The van der Waals surface area contributed by atoms with E-state index in [2.05, 4.69) is 4.72 Å². The zero-order chi connectivity index (χ0) is 13.1. The van der Waals surface area contributed by atoms with Crippen molar-refractivity contribution < 1.29 is 18.3 Å². The van der Waals surface area contributed by atoms with Crippen LogP contribution in [0.3, 0.4) is 0 Å². The van der Waals surface area contributed by atoms with Crippen molar-refractivity contribution in [3.63, 3.8) is 0 Å². The number of carboxylic acids is 1. The lowest BCUT2D eigenvalue weighted by Gasteiger charge is -2.16. The Bertz CT molecular complexity index is 483. The Morgan fingerprint density at radius 1 is 1.24 bits per heavy atom. The van der Waals surface area contributed by atoms with Crippen molar-refractivity contribution in [3.8, 4) is 0 Å². The molecule has 6 heteroatoms. The maximum atomic E-state index is 11.9. The Balaban J connectivity index is 2.88. The van der Waals surface area contributed by atoms with Crippen LogP contribution in [0.4, 0.5) is 0 Å². The van der Waals surface area contributed by atoms with E-state index >= 15 is 0 Å². The lowest BCUT2D eigenvalue weighted by atomic mass is 10.2. The van der Waals surface area contributed by atoms with E-state index < -0.39 is 27.3 Å². The summed E-state index contributed by atoms with van der Waals surface area (Å²) < 4.78 is 25.9. The second-order valence-electron chi connectivity index (χ2n) is 3.78. The minimum absolute atomic E-state index is 0.623. The maximum absolute atomic E-state index is 11.9. The summed E-state index contributed by atoms with van der Waals surface area (Å²) in [5.74, 6) is -1.20. The number of sulfonamides is 1. The zero-order valence-corrected chi connectivity index (χ0v) is 10.4. The molecule has 0 radical (unpaired) electrons. The summed E-state index contributed by atoms with van der Waals surface area (Å²) in [5.41, 5.74) is 0.623. The van der Waals surface area contributed by atoms with E-state index in [0.717, 1.165) is 0 Å². The van der Waals surface area contributed by atoms with Gasteiger partial charge in [0, 0.05) is 0 Å². The quantitative estimate of drug-likeness (QED) is 0.828. The highest BCUT2D eigenvalue weighted by Gasteiger charge is 2.26. The first-order valence-corrected chi connectivity index (χ1v) is 6.68. The molecule has 0 spiro atoms. The predicted molar refractivity (Wildman–Crippen MR) is 64.0 cm³/mol. The Morgan fingerprint density at radius 2 is 1.76 bits per heavy atom. The highest BCUT2D eigenvalue weighted by atomic mass is 32.2. The van der Waals surface area contributed by atoms with Crippen LogP contribution >= 0.6 is 0 Å². The van der Waals surface area contributed by atoms with Crippen LogP contribution in [0.25, 0.3) is 0 Å². The van der Waals surface area contributed by atoms with E-state index in [1.54, 1.807) is 30.3 Å². The number of aliphatic carboxylic acids is 1. The molecule has 0 heterocycles. The van der Waals surface area contributed by atoms with Crippen molar-refractivity contribution in [1.29, 1.82) is 0 Å². The van der Waals surface area contributed by atoms with Crippen LogP contribution in [-0.4, -0.2) is 25.5 Å². The second kappa shape index (κ2) is 5.29. The van der Waals surface area contributed by atoms with E-state index in [4.69, 9.17) is 5.11 Å². The van der Waals surface area contributed by atoms with Crippen molar-refractivity contribution in [2.24, 2.45) is 0 Å². The average molecular weight is 257 g/mol. The molecule has 0 saturated heterocycles. The molecule has 17 heavy (non-hydrogen) atoms. The molecule has 0 aromatic heterocycles. The van der Waals surface area contributed by atoms with Crippen LogP contribution in [0.15, 0.2) is 30.3 Å². The molecule has 0 aliphatic heterocycles. The molecule has 5 nitrogen and oxygen atoms in total. The summed E-state index contributed by atoms with van der Waals surface area (Å²) in [6.45, 7) is 2.81. The van der Waals surface area contributed by atoms with Gasteiger partial charge in [0.25, 0.3) is 0 Å². The van der Waals surface area contributed by atoms with Crippen LogP contribution < -0.4 is 4.72 Å². The highest BCUT2D eigenvalue weighted by Crippen LogP contribution is 2.20. The number of carbonyl (C=O) groups is 1. The maximum Gasteiger partial charge on any atom is 0.321 e. The Labute approximate surface area is 101 Å². The standard InChI is InChI=1S/C11H15NO4S/c1-8(11(13)14)12-17(15,16)9(2)10-6-4-3-5-7-10/h3-9,12H,1-2H3,(H,13,14)/t8-,9?/m1/s1. The van der Waals surface area contributed by atoms with Gasteiger partial charge in [0.05, 0.1) is 5.25 Å². The van der Waals surface area contributed by atoms with E-state index in [9.17, 15) is 13.2 Å². The number of carboxylic acid groups (broad SMARTS) is 1. The molecule has 2 atom stereocenters. The average Bonchev–Trinajstić information content (AvgIpc) is 2.28. The van der Waals surface area contributed by atoms with E-state index in [-0.39, 0.29) is 0 Å². The predicted octanol–water partition coefficient (Wildman–Crippen LogP) is 1.14. The number of hydrogen-bond donors (Lipinski definition) is 2. The van der Waals surface area contributed by atoms with E-state index in [0.29, 0.717) is 5.56 Å². The molecule has 2 N–H and O–H groups in total. The topological polar surface area (TPSA) is 83.5 Å². The number of benzene rings is 1. The van der Waals surface area contributed by atoms with Crippen LogP contribution in [0.1, 0.15) is 24.7 Å². The molecule has 0 saturated carbocycles. The van der Waals surface area contributed by atoms with Gasteiger partial charge in [-0.2, -0.15) is 0 Å². The molecule has 0 amide bonds. The van der Waals surface area contributed by atoms with Gasteiger partial charge in [0.15, 0.2) is 0 Å². The molecule has 94 valence electrons. The molecule has 1 unspecified atom stereocenters. The van der Waals surface area contributed by atoms with Crippen molar-refractivity contribution >= 4 is 16.0 Å². The Morgan fingerprint density at radius 3 is 2.24 bits per heavy atom. The third-order valence-corrected chi connectivity index (χ3v) is 4.33. The normalized spacial score (nSPS) is 15.2. The first kappa shape index (κ1) is 13.7. The summed E-state index contributed by atoms with van der Waals surface area (Å²) in [6.07, 6.45) is 0. The van der Waals surface area contributed by atoms with Crippen LogP contribution in [0, 0.1) is 0 Å². The third kappa shape index (κ3) is 3.54. The van der Waals surface area contributed by atoms with Crippen molar-refractivity contribution in [2.45, 2.75) is 25.1 Å². The highest BCUT2D eigenvalue weighted by molar-refractivity contribution is 7.89. The molecule has 0 bridgehead atoms. The summed E-state index contributed by atoms with van der Waals surface area (Å²) in [4.78, 5) is 10.6. The van der Waals surface area contributed by atoms with Crippen molar-refractivity contribution in [2.75, 3.05) is 0 Å². The van der Waals surface area contributed by atoms with Crippen LogP contribution in [0.5, 0.6) is 0 Å². The van der Waals surface area contributed by atoms with E-state index in [1.807, 2.05) is 0 Å². The van der Waals surface area contributed by atoms with Gasteiger partial charge in [-0.15, -0.1) is 0 Å². The SMILES string of the molecule is CC(c1ccccc1)S(=O)(=O)N[C@H](C)C(=O)O. The fraction of sp³-hybridized carbons (Fsp3) is 0.364.